The summed E-state index contributed by atoms with van der Waals surface area (Å²) in [6, 6.07) is 5.85. The molecule has 0 saturated carbocycles. The fraction of sp³-hybridized carbons (Fsp3) is 0.500. The minimum atomic E-state index is 0.358. The van der Waals surface area contributed by atoms with Crippen LogP contribution in [0.1, 0.15) is 38.1 Å². The quantitative estimate of drug-likeness (QED) is 0.697. The molecule has 1 saturated heterocycles. The minimum absolute atomic E-state index is 0.358. The van der Waals surface area contributed by atoms with Crippen LogP contribution in [-0.2, 0) is 17.6 Å². The van der Waals surface area contributed by atoms with Crippen LogP contribution in [0.2, 0.25) is 10.0 Å². The van der Waals surface area contributed by atoms with E-state index in [2.05, 4.69) is 24.3 Å². The number of hydrazine groups is 1. The predicted molar refractivity (Wildman–Crippen MR) is 111 cm³/mol. The van der Waals surface area contributed by atoms with Crippen LogP contribution in [0.3, 0.4) is 0 Å². The number of halogens is 2. The summed E-state index contributed by atoms with van der Waals surface area (Å²) in [7, 11) is 1.74. The lowest BCUT2D eigenvalue weighted by atomic mass is 10.1. The van der Waals surface area contributed by atoms with Gasteiger partial charge in [-0.15, -0.1) is 0 Å². The van der Waals surface area contributed by atoms with E-state index in [1.165, 1.54) is 0 Å². The van der Waals surface area contributed by atoms with E-state index in [1.807, 2.05) is 12.1 Å². The lowest BCUT2D eigenvalue weighted by Crippen LogP contribution is -2.38. The number of nitrogens with one attached hydrogen (secondary N) is 1. The van der Waals surface area contributed by atoms with Crippen molar-refractivity contribution in [2.45, 2.75) is 45.6 Å². The number of hydrogen-bond donors (Lipinski definition) is 1. The maximum absolute atomic E-state index is 6.43. The number of aromatic nitrogens is 2. The molecular formula is C20H26Cl2N4O. The topological polar surface area (TPSA) is 50.3 Å². The Morgan fingerprint density at radius 2 is 1.96 bits per heavy atom. The SMILES string of the molecule is CCc1nc(-c2ccc(Cl)cc2Cl)c(CC)nc1NN1CCCC1COC. The van der Waals surface area contributed by atoms with E-state index in [1.54, 1.807) is 13.2 Å². The molecule has 0 radical (unpaired) electrons. The van der Waals surface area contributed by atoms with Crippen molar-refractivity contribution < 1.29 is 4.74 Å². The van der Waals surface area contributed by atoms with Gasteiger partial charge in [-0.3, -0.25) is 0 Å². The van der Waals surface area contributed by atoms with E-state index in [4.69, 9.17) is 37.9 Å². The molecule has 2 heterocycles. The zero-order valence-electron chi connectivity index (χ0n) is 16.1. The van der Waals surface area contributed by atoms with Crippen LogP contribution in [0.4, 0.5) is 5.82 Å². The van der Waals surface area contributed by atoms with Crippen LogP contribution in [0, 0.1) is 0 Å². The molecule has 3 rings (SSSR count). The predicted octanol–water partition coefficient (Wildman–Crippen LogP) is 5.01. The molecule has 0 aliphatic carbocycles. The molecule has 1 atom stereocenters. The highest BCUT2D eigenvalue weighted by Gasteiger charge is 2.26. The first-order valence-corrected chi connectivity index (χ1v) is 10.2. The molecule has 2 aromatic rings. The smallest absolute Gasteiger partial charge is 0.162 e. The van der Waals surface area contributed by atoms with E-state index in [-0.39, 0.29) is 0 Å². The third-order valence-corrected chi connectivity index (χ3v) is 5.43. The summed E-state index contributed by atoms with van der Waals surface area (Å²) < 4.78 is 5.35. The normalized spacial score (nSPS) is 17.4. The Labute approximate surface area is 171 Å². The molecule has 1 N–H and O–H groups in total. The van der Waals surface area contributed by atoms with Gasteiger partial charge in [0.05, 0.1) is 34.8 Å². The average Bonchev–Trinajstić information content (AvgIpc) is 3.09. The molecule has 0 spiro atoms. The summed E-state index contributed by atoms with van der Waals surface area (Å²) in [6.07, 6.45) is 3.81. The van der Waals surface area contributed by atoms with Gasteiger partial charge >= 0.3 is 0 Å². The third kappa shape index (κ3) is 4.54. The molecule has 146 valence electrons. The number of benzene rings is 1. The molecule has 1 aliphatic rings. The second kappa shape index (κ2) is 9.20. The van der Waals surface area contributed by atoms with Gasteiger partial charge in [0.1, 0.15) is 0 Å². The highest BCUT2D eigenvalue weighted by molar-refractivity contribution is 6.36. The number of methoxy groups -OCH3 is 1. The van der Waals surface area contributed by atoms with Gasteiger partial charge < -0.3 is 10.2 Å². The summed E-state index contributed by atoms with van der Waals surface area (Å²) in [5.74, 6) is 0.825. The van der Waals surface area contributed by atoms with Crippen LogP contribution in [0.25, 0.3) is 11.3 Å². The van der Waals surface area contributed by atoms with Crippen LogP contribution in [0.5, 0.6) is 0 Å². The summed E-state index contributed by atoms with van der Waals surface area (Å²) in [4.78, 5) is 9.84. The molecular weight excluding hydrogens is 383 g/mol. The number of aryl methyl sites for hydroxylation is 2. The second-order valence-electron chi connectivity index (χ2n) is 6.70. The van der Waals surface area contributed by atoms with Crippen LogP contribution < -0.4 is 5.43 Å². The van der Waals surface area contributed by atoms with Crippen LogP contribution in [0.15, 0.2) is 18.2 Å². The molecule has 7 heteroatoms. The zero-order chi connectivity index (χ0) is 19.4. The fourth-order valence-corrected chi connectivity index (χ4v) is 3.97. The molecule has 1 aliphatic heterocycles. The maximum Gasteiger partial charge on any atom is 0.162 e. The van der Waals surface area contributed by atoms with Gasteiger partial charge in [-0.05, 0) is 43.9 Å². The highest BCUT2D eigenvalue weighted by atomic mass is 35.5. The van der Waals surface area contributed by atoms with Crippen molar-refractivity contribution in [3.05, 3.63) is 39.6 Å². The van der Waals surface area contributed by atoms with E-state index < -0.39 is 0 Å². The van der Waals surface area contributed by atoms with Gasteiger partial charge in [0.25, 0.3) is 0 Å². The van der Waals surface area contributed by atoms with Gasteiger partial charge in [-0.25, -0.2) is 15.0 Å². The average molecular weight is 409 g/mol. The Bertz CT molecular complexity index is 800. The van der Waals surface area contributed by atoms with Crippen LogP contribution in [-0.4, -0.2) is 41.3 Å². The number of hydrogen-bond acceptors (Lipinski definition) is 5. The van der Waals surface area contributed by atoms with Crippen molar-refractivity contribution in [3.63, 3.8) is 0 Å². The molecule has 5 nitrogen and oxygen atoms in total. The minimum Gasteiger partial charge on any atom is -0.383 e. The van der Waals surface area contributed by atoms with E-state index in [9.17, 15) is 0 Å². The summed E-state index contributed by atoms with van der Waals surface area (Å²) in [5, 5.41) is 3.43. The molecule has 0 bridgehead atoms. The van der Waals surface area contributed by atoms with Crippen molar-refractivity contribution in [1.82, 2.24) is 15.0 Å². The largest absolute Gasteiger partial charge is 0.383 e. The monoisotopic (exact) mass is 408 g/mol. The first-order valence-electron chi connectivity index (χ1n) is 9.44. The van der Waals surface area contributed by atoms with E-state index in [0.29, 0.717) is 22.7 Å². The fourth-order valence-electron chi connectivity index (χ4n) is 3.47. The van der Waals surface area contributed by atoms with Gasteiger partial charge in [0.15, 0.2) is 5.82 Å². The van der Waals surface area contributed by atoms with Gasteiger partial charge in [-0.1, -0.05) is 37.0 Å². The summed E-state index contributed by atoms with van der Waals surface area (Å²) in [5.41, 5.74) is 7.04. The van der Waals surface area contributed by atoms with Gasteiger partial charge in [0, 0.05) is 24.2 Å². The Morgan fingerprint density at radius 1 is 1.19 bits per heavy atom. The second-order valence-corrected chi connectivity index (χ2v) is 7.55. The standard InChI is InChI=1S/C20H26Cl2N4O/c1-4-17-19(15-9-8-13(21)11-16(15)22)23-18(5-2)20(24-17)25-26-10-6-7-14(26)12-27-3/h8-9,11,14H,4-7,10,12H2,1-3H3,(H,24,25). The number of anilines is 1. The van der Waals surface area contributed by atoms with Crippen molar-refractivity contribution in [2.24, 2.45) is 0 Å². The lowest BCUT2D eigenvalue weighted by Gasteiger charge is -2.26. The van der Waals surface area contributed by atoms with Gasteiger partial charge in [0.2, 0.25) is 0 Å². The van der Waals surface area contributed by atoms with Crippen molar-refractivity contribution >= 4 is 29.0 Å². The molecule has 1 fully saturated rings. The van der Waals surface area contributed by atoms with Crippen molar-refractivity contribution in [1.29, 1.82) is 0 Å². The molecule has 27 heavy (non-hydrogen) atoms. The maximum atomic E-state index is 6.43. The summed E-state index contributed by atoms with van der Waals surface area (Å²) >= 11 is 12.5. The Morgan fingerprint density at radius 3 is 2.63 bits per heavy atom. The van der Waals surface area contributed by atoms with E-state index in [0.717, 1.165) is 60.7 Å². The molecule has 1 aromatic carbocycles. The van der Waals surface area contributed by atoms with Gasteiger partial charge in [-0.2, -0.15) is 0 Å². The first kappa shape index (κ1) is 20.3. The molecule has 0 amide bonds. The van der Waals surface area contributed by atoms with Crippen LogP contribution >= 0.6 is 23.2 Å². The molecule has 1 aromatic heterocycles. The molecule has 1 unspecified atom stereocenters. The third-order valence-electron chi connectivity index (χ3n) is 4.88. The zero-order valence-corrected chi connectivity index (χ0v) is 17.6. The Balaban J connectivity index is 1.97. The number of nitrogens with zero attached hydrogens (tertiary/aromatic N) is 3. The highest BCUT2D eigenvalue weighted by Crippen LogP contribution is 2.33. The Hall–Kier alpha value is -1.40. The number of ether oxygens (including phenoxy) is 1. The van der Waals surface area contributed by atoms with E-state index >= 15 is 0 Å². The first-order chi connectivity index (χ1) is 13.1. The van der Waals surface area contributed by atoms with Crippen molar-refractivity contribution in [2.75, 3.05) is 25.7 Å². The van der Waals surface area contributed by atoms with Crippen molar-refractivity contribution in [3.8, 4) is 11.3 Å². The summed E-state index contributed by atoms with van der Waals surface area (Å²) in [6.45, 7) is 5.85. The lowest BCUT2D eigenvalue weighted by molar-refractivity contribution is 0.128. The number of rotatable bonds is 7. The Kier molecular flexibility index (Phi) is 6.93.